The molecule has 2 rings (SSSR count). The van der Waals surface area contributed by atoms with E-state index in [-0.39, 0.29) is 10.6 Å². The van der Waals surface area contributed by atoms with Gasteiger partial charge in [-0.15, -0.1) is 0 Å². The van der Waals surface area contributed by atoms with Crippen molar-refractivity contribution in [2.45, 2.75) is 0 Å². The number of nitrogen functional groups attached to an aromatic ring is 1. The first-order valence-corrected chi connectivity index (χ1v) is 6.26. The van der Waals surface area contributed by atoms with Crippen LogP contribution in [0, 0.1) is 17.7 Å². The summed E-state index contributed by atoms with van der Waals surface area (Å²) in [6, 6.07) is 10.3. The second kappa shape index (κ2) is 5.43. The van der Waals surface area contributed by atoms with Crippen LogP contribution in [0.25, 0.3) is 0 Å². The van der Waals surface area contributed by atoms with Crippen molar-refractivity contribution in [2.24, 2.45) is 0 Å². The molecule has 0 aromatic heterocycles. The highest BCUT2D eigenvalue weighted by Gasteiger charge is 2.07. The number of nitrogens with two attached hydrogens (primary N) is 1. The van der Waals surface area contributed by atoms with Crippen LogP contribution < -0.4 is 5.73 Å². The van der Waals surface area contributed by atoms with E-state index in [0.717, 1.165) is 5.56 Å². The molecule has 18 heavy (non-hydrogen) atoms. The fourth-order valence-electron chi connectivity index (χ4n) is 1.38. The van der Waals surface area contributed by atoms with Gasteiger partial charge in [0.05, 0.1) is 10.6 Å². The molecule has 2 aromatic carbocycles. The molecular weight excluding hydrogens is 317 g/mol. The third kappa shape index (κ3) is 2.84. The van der Waals surface area contributed by atoms with Gasteiger partial charge in [0, 0.05) is 15.7 Å². The van der Waals surface area contributed by atoms with E-state index in [4.69, 9.17) is 17.3 Å². The van der Waals surface area contributed by atoms with Gasteiger partial charge in [-0.1, -0.05) is 29.5 Å². The third-order valence-corrected chi connectivity index (χ3v) is 3.52. The van der Waals surface area contributed by atoms with Crippen molar-refractivity contribution in [3.8, 4) is 11.8 Å². The fraction of sp³-hybridized carbons (Fsp3) is 0. The first-order valence-electron chi connectivity index (χ1n) is 5.09. The summed E-state index contributed by atoms with van der Waals surface area (Å²) < 4.78 is 14.3. The summed E-state index contributed by atoms with van der Waals surface area (Å²) in [6.07, 6.45) is 0. The van der Waals surface area contributed by atoms with Crippen LogP contribution in [0.3, 0.4) is 0 Å². The highest BCUT2D eigenvalue weighted by Crippen LogP contribution is 2.27. The minimum atomic E-state index is -0.526. The molecule has 0 unspecified atom stereocenters. The molecule has 0 saturated heterocycles. The van der Waals surface area contributed by atoms with Gasteiger partial charge in [0.25, 0.3) is 0 Å². The number of anilines is 1. The molecule has 0 radical (unpaired) electrons. The average molecular weight is 325 g/mol. The maximum atomic E-state index is 13.8. The van der Waals surface area contributed by atoms with E-state index in [1.807, 2.05) is 6.07 Å². The lowest BCUT2D eigenvalue weighted by molar-refractivity contribution is 0.624. The SMILES string of the molecule is Nc1cccc(C#Cc2ccc(Br)c(Cl)c2F)c1. The van der Waals surface area contributed by atoms with Crippen molar-refractivity contribution in [3.05, 3.63) is 62.8 Å². The lowest BCUT2D eigenvalue weighted by Gasteiger charge is -1.99. The van der Waals surface area contributed by atoms with Gasteiger partial charge >= 0.3 is 0 Å². The van der Waals surface area contributed by atoms with Gasteiger partial charge in [0.1, 0.15) is 0 Å². The standard InChI is InChI=1S/C14H8BrClFN/c15-12-7-6-10(14(17)13(12)16)5-4-9-2-1-3-11(18)8-9/h1-3,6-8H,18H2. The first-order chi connectivity index (χ1) is 8.58. The Bertz CT molecular complexity index is 659. The quantitative estimate of drug-likeness (QED) is 0.438. The zero-order chi connectivity index (χ0) is 13.1. The van der Waals surface area contributed by atoms with Crippen LogP contribution >= 0.6 is 27.5 Å². The molecule has 0 spiro atoms. The minimum absolute atomic E-state index is 0.0365. The maximum Gasteiger partial charge on any atom is 0.158 e. The summed E-state index contributed by atoms with van der Waals surface area (Å²) >= 11 is 8.93. The van der Waals surface area contributed by atoms with Crippen molar-refractivity contribution in [1.29, 1.82) is 0 Å². The Labute approximate surface area is 118 Å². The molecule has 0 aliphatic heterocycles. The fourth-order valence-corrected chi connectivity index (χ4v) is 1.85. The van der Waals surface area contributed by atoms with Crippen molar-refractivity contribution in [2.75, 3.05) is 5.73 Å². The molecule has 4 heteroatoms. The van der Waals surface area contributed by atoms with Crippen molar-refractivity contribution in [3.63, 3.8) is 0 Å². The van der Waals surface area contributed by atoms with Crippen LogP contribution in [-0.2, 0) is 0 Å². The van der Waals surface area contributed by atoms with Gasteiger partial charge in [-0.3, -0.25) is 0 Å². The van der Waals surface area contributed by atoms with E-state index >= 15 is 0 Å². The van der Waals surface area contributed by atoms with Crippen LogP contribution in [0.2, 0.25) is 5.02 Å². The van der Waals surface area contributed by atoms with E-state index in [1.165, 1.54) is 0 Å². The summed E-state index contributed by atoms with van der Waals surface area (Å²) in [5.41, 5.74) is 7.24. The molecule has 0 heterocycles. The van der Waals surface area contributed by atoms with Crippen molar-refractivity contribution >= 4 is 33.2 Å². The van der Waals surface area contributed by atoms with Gasteiger partial charge in [-0.05, 0) is 46.3 Å². The number of benzene rings is 2. The van der Waals surface area contributed by atoms with Gasteiger partial charge in [0.2, 0.25) is 0 Å². The molecule has 1 nitrogen and oxygen atoms in total. The molecular formula is C14H8BrClFN. The monoisotopic (exact) mass is 323 g/mol. The van der Waals surface area contributed by atoms with Gasteiger partial charge in [-0.2, -0.15) is 0 Å². The summed E-state index contributed by atoms with van der Waals surface area (Å²) in [7, 11) is 0. The molecule has 90 valence electrons. The molecule has 0 saturated carbocycles. The van der Waals surface area contributed by atoms with Crippen LogP contribution in [0.4, 0.5) is 10.1 Å². The second-order valence-corrected chi connectivity index (χ2v) is 4.83. The van der Waals surface area contributed by atoms with E-state index in [9.17, 15) is 4.39 Å². The molecule has 2 N–H and O–H groups in total. The highest BCUT2D eigenvalue weighted by atomic mass is 79.9. The zero-order valence-electron chi connectivity index (χ0n) is 9.18. The summed E-state index contributed by atoms with van der Waals surface area (Å²) in [4.78, 5) is 0. The van der Waals surface area contributed by atoms with Crippen LogP contribution in [0.1, 0.15) is 11.1 Å². The van der Waals surface area contributed by atoms with Gasteiger partial charge in [0.15, 0.2) is 5.82 Å². The Morgan fingerprint density at radius 2 is 1.94 bits per heavy atom. The van der Waals surface area contributed by atoms with E-state index in [1.54, 1.807) is 30.3 Å². The predicted octanol–water partition coefficient (Wildman–Crippen LogP) is 4.22. The first kappa shape index (κ1) is 12.9. The maximum absolute atomic E-state index is 13.8. The Morgan fingerprint density at radius 1 is 1.17 bits per heavy atom. The smallest absolute Gasteiger partial charge is 0.158 e. The van der Waals surface area contributed by atoms with Crippen molar-refractivity contribution < 1.29 is 4.39 Å². The van der Waals surface area contributed by atoms with Crippen LogP contribution in [-0.4, -0.2) is 0 Å². The van der Waals surface area contributed by atoms with E-state index in [0.29, 0.717) is 10.2 Å². The second-order valence-electron chi connectivity index (χ2n) is 3.60. The molecule has 0 fully saturated rings. The zero-order valence-corrected chi connectivity index (χ0v) is 11.5. The summed E-state index contributed by atoms with van der Waals surface area (Å²) in [5, 5.41) is 0.0365. The minimum Gasteiger partial charge on any atom is -0.399 e. The van der Waals surface area contributed by atoms with Crippen LogP contribution in [0.15, 0.2) is 40.9 Å². The average Bonchev–Trinajstić information content (AvgIpc) is 2.35. The number of hydrogen-bond donors (Lipinski definition) is 1. The Hall–Kier alpha value is -1.50. The lowest BCUT2D eigenvalue weighted by Crippen LogP contribution is -1.87. The normalized spacial score (nSPS) is 9.72. The lowest BCUT2D eigenvalue weighted by atomic mass is 10.1. The number of hydrogen-bond acceptors (Lipinski definition) is 1. The molecule has 0 aliphatic rings. The third-order valence-electron chi connectivity index (χ3n) is 2.26. The number of rotatable bonds is 0. The topological polar surface area (TPSA) is 26.0 Å². The predicted molar refractivity (Wildman–Crippen MR) is 75.9 cm³/mol. The highest BCUT2D eigenvalue weighted by molar-refractivity contribution is 9.10. The molecule has 0 amide bonds. The van der Waals surface area contributed by atoms with E-state index in [2.05, 4.69) is 27.8 Å². The number of halogens is 3. The van der Waals surface area contributed by atoms with Gasteiger partial charge in [-0.25, -0.2) is 4.39 Å². The van der Waals surface area contributed by atoms with Gasteiger partial charge < -0.3 is 5.73 Å². The van der Waals surface area contributed by atoms with Crippen molar-refractivity contribution in [1.82, 2.24) is 0 Å². The Balaban J connectivity index is 2.39. The molecule has 0 atom stereocenters. The molecule has 2 aromatic rings. The Morgan fingerprint density at radius 3 is 2.67 bits per heavy atom. The molecule has 0 bridgehead atoms. The van der Waals surface area contributed by atoms with E-state index < -0.39 is 5.82 Å². The molecule has 0 aliphatic carbocycles. The summed E-state index contributed by atoms with van der Waals surface area (Å²) in [6.45, 7) is 0. The summed E-state index contributed by atoms with van der Waals surface area (Å²) in [5.74, 6) is 5.06. The largest absolute Gasteiger partial charge is 0.399 e. The Kier molecular flexibility index (Phi) is 3.90. The van der Waals surface area contributed by atoms with Crippen LogP contribution in [0.5, 0.6) is 0 Å².